The molecule has 0 spiro atoms. The Morgan fingerprint density at radius 2 is 1.19 bits per heavy atom. The Bertz CT molecular complexity index is 413. The molecule has 1 aliphatic rings. The Hall–Kier alpha value is -1.06. The van der Waals surface area contributed by atoms with E-state index in [1.807, 2.05) is 27.7 Å². The number of hydrogen-bond acceptors (Lipinski definition) is 4. The fraction of sp³-hybridized carbons (Fsp3) is 0.909. The molecule has 0 aromatic rings. The van der Waals surface area contributed by atoms with Gasteiger partial charge < -0.3 is 9.47 Å². The van der Waals surface area contributed by atoms with Crippen LogP contribution in [-0.4, -0.2) is 24.1 Å². The second kappa shape index (κ2) is 10.3. The predicted molar refractivity (Wildman–Crippen MR) is 105 cm³/mol. The Labute approximate surface area is 160 Å². The Morgan fingerprint density at radius 3 is 1.54 bits per heavy atom. The van der Waals surface area contributed by atoms with Crippen molar-refractivity contribution < 1.29 is 19.1 Å². The van der Waals surface area contributed by atoms with Gasteiger partial charge in [0.05, 0.1) is 10.8 Å². The monoisotopic (exact) mass is 368 g/mol. The van der Waals surface area contributed by atoms with Crippen molar-refractivity contribution in [2.75, 3.05) is 0 Å². The van der Waals surface area contributed by atoms with Crippen LogP contribution in [0.2, 0.25) is 0 Å². The molecule has 0 aromatic carbocycles. The van der Waals surface area contributed by atoms with E-state index in [1.165, 1.54) is 0 Å². The third-order valence-corrected chi connectivity index (χ3v) is 5.54. The van der Waals surface area contributed by atoms with E-state index in [9.17, 15) is 9.59 Å². The van der Waals surface area contributed by atoms with E-state index in [-0.39, 0.29) is 24.1 Å². The zero-order valence-corrected chi connectivity index (χ0v) is 17.9. The summed E-state index contributed by atoms with van der Waals surface area (Å²) in [5.74, 6) is -0.239. The van der Waals surface area contributed by atoms with Crippen LogP contribution in [0.25, 0.3) is 0 Å². The number of ether oxygens (including phenoxy) is 2. The number of carbonyl (C=O) groups is 2. The quantitative estimate of drug-likeness (QED) is 0.456. The van der Waals surface area contributed by atoms with Crippen LogP contribution < -0.4 is 0 Å². The first-order valence-electron chi connectivity index (χ1n) is 10.5. The molecule has 0 bridgehead atoms. The van der Waals surface area contributed by atoms with Crippen LogP contribution in [0.1, 0.15) is 106 Å². The lowest BCUT2D eigenvalue weighted by atomic mass is 9.86. The largest absolute Gasteiger partial charge is 0.462 e. The van der Waals surface area contributed by atoms with Crippen molar-refractivity contribution >= 4 is 11.9 Å². The molecule has 0 aliphatic heterocycles. The molecule has 4 heteroatoms. The van der Waals surface area contributed by atoms with Gasteiger partial charge in [-0.25, -0.2) is 0 Å². The van der Waals surface area contributed by atoms with E-state index in [2.05, 4.69) is 13.8 Å². The molecule has 0 N–H and O–H groups in total. The first-order chi connectivity index (χ1) is 12.1. The molecule has 0 saturated heterocycles. The lowest BCUT2D eigenvalue weighted by Crippen LogP contribution is -2.37. The van der Waals surface area contributed by atoms with Crippen molar-refractivity contribution in [1.82, 2.24) is 0 Å². The van der Waals surface area contributed by atoms with Crippen LogP contribution in [0.4, 0.5) is 0 Å². The maximum atomic E-state index is 12.5. The summed E-state index contributed by atoms with van der Waals surface area (Å²) in [5.41, 5.74) is -0.885. The summed E-state index contributed by atoms with van der Waals surface area (Å²) in [6.45, 7) is 12.1. The van der Waals surface area contributed by atoms with Crippen LogP contribution >= 0.6 is 0 Å². The number of carbonyl (C=O) groups excluding carboxylic acids is 2. The average molecular weight is 369 g/mol. The highest BCUT2D eigenvalue weighted by atomic mass is 16.6. The number of hydrogen-bond donors (Lipinski definition) is 0. The summed E-state index contributed by atoms with van der Waals surface area (Å²) in [7, 11) is 0. The zero-order chi connectivity index (χ0) is 19.8. The summed E-state index contributed by atoms with van der Waals surface area (Å²) >= 11 is 0. The second-order valence-corrected chi connectivity index (χ2v) is 9.20. The molecule has 0 amide bonds. The summed E-state index contributed by atoms with van der Waals surface area (Å²) in [4.78, 5) is 25.0. The Kier molecular flexibility index (Phi) is 9.12. The van der Waals surface area contributed by atoms with Gasteiger partial charge in [0, 0.05) is 6.42 Å². The van der Waals surface area contributed by atoms with Crippen LogP contribution in [-0.2, 0) is 19.1 Å². The van der Waals surface area contributed by atoms with E-state index >= 15 is 0 Å². The first kappa shape index (κ1) is 23.0. The van der Waals surface area contributed by atoms with Gasteiger partial charge in [0.25, 0.3) is 0 Å². The van der Waals surface area contributed by atoms with Crippen molar-refractivity contribution in [3.8, 4) is 0 Å². The molecule has 1 saturated carbocycles. The van der Waals surface area contributed by atoms with E-state index in [1.54, 1.807) is 0 Å². The highest BCUT2D eigenvalue weighted by molar-refractivity contribution is 5.76. The van der Waals surface area contributed by atoms with Crippen LogP contribution in [0.15, 0.2) is 0 Å². The molecular formula is C22H40O4. The van der Waals surface area contributed by atoms with Gasteiger partial charge in [0.2, 0.25) is 0 Å². The second-order valence-electron chi connectivity index (χ2n) is 9.20. The van der Waals surface area contributed by atoms with Gasteiger partial charge in [-0.1, -0.05) is 39.5 Å². The molecule has 0 heterocycles. The van der Waals surface area contributed by atoms with Gasteiger partial charge in [0.15, 0.2) is 0 Å². The molecule has 1 fully saturated rings. The van der Waals surface area contributed by atoms with Crippen molar-refractivity contribution in [2.24, 2.45) is 10.8 Å². The van der Waals surface area contributed by atoms with Crippen LogP contribution in [0, 0.1) is 10.8 Å². The van der Waals surface area contributed by atoms with Crippen molar-refractivity contribution in [2.45, 2.75) is 118 Å². The maximum absolute atomic E-state index is 12.5. The molecule has 2 atom stereocenters. The van der Waals surface area contributed by atoms with Gasteiger partial charge >= 0.3 is 11.9 Å². The van der Waals surface area contributed by atoms with Crippen molar-refractivity contribution in [3.05, 3.63) is 0 Å². The van der Waals surface area contributed by atoms with Crippen molar-refractivity contribution in [3.63, 3.8) is 0 Å². The minimum absolute atomic E-state index is 0.119. The standard InChI is InChI=1S/C22H40O4/c1-7-9-14-21(3,4)19(23)25-17-12-11-13-18(16-17)26-20(24)22(5,6)15-10-8-2/h17-18H,7-16H2,1-6H3. The lowest BCUT2D eigenvalue weighted by Gasteiger charge is -2.33. The van der Waals surface area contributed by atoms with E-state index < -0.39 is 10.8 Å². The van der Waals surface area contributed by atoms with Crippen LogP contribution in [0.3, 0.4) is 0 Å². The predicted octanol–water partition coefficient (Wildman–Crippen LogP) is 5.82. The van der Waals surface area contributed by atoms with Gasteiger partial charge in [-0.2, -0.15) is 0 Å². The third kappa shape index (κ3) is 7.28. The van der Waals surface area contributed by atoms with Gasteiger partial charge in [-0.15, -0.1) is 0 Å². The van der Waals surface area contributed by atoms with E-state index in [4.69, 9.17) is 9.47 Å². The molecule has 2 unspecified atom stereocenters. The smallest absolute Gasteiger partial charge is 0.311 e. The SMILES string of the molecule is CCCCC(C)(C)C(=O)OC1CCCC(OC(=O)C(C)(C)CCCC)C1. The minimum atomic E-state index is -0.443. The maximum Gasteiger partial charge on any atom is 0.311 e. The topological polar surface area (TPSA) is 52.6 Å². The number of esters is 2. The fourth-order valence-electron chi connectivity index (χ4n) is 3.38. The highest BCUT2D eigenvalue weighted by Gasteiger charge is 2.36. The van der Waals surface area contributed by atoms with Gasteiger partial charge in [0.1, 0.15) is 12.2 Å². The molecule has 1 aliphatic carbocycles. The molecule has 26 heavy (non-hydrogen) atoms. The van der Waals surface area contributed by atoms with Crippen LogP contribution in [0.5, 0.6) is 0 Å². The Balaban J connectivity index is 2.53. The average Bonchev–Trinajstić information content (AvgIpc) is 2.58. The molecule has 1 rings (SSSR count). The summed E-state index contributed by atoms with van der Waals surface area (Å²) in [6.07, 6.45) is 8.93. The molecular weight excluding hydrogens is 328 g/mol. The highest BCUT2D eigenvalue weighted by Crippen LogP contribution is 2.32. The fourth-order valence-corrected chi connectivity index (χ4v) is 3.38. The molecule has 0 aromatic heterocycles. The molecule has 152 valence electrons. The summed E-state index contributed by atoms with van der Waals surface area (Å²) < 4.78 is 11.6. The van der Waals surface area contributed by atoms with E-state index in [0.29, 0.717) is 6.42 Å². The summed E-state index contributed by atoms with van der Waals surface area (Å²) in [5, 5.41) is 0. The molecule has 4 nitrogen and oxygen atoms in total. The normalized spacial score (nSPS) is 21.3. The van der Waals surface area contributed by atoms with Crippen molar-refractivity contribution in [1.29, 1.82) is 0 Å². The first-order valence-corrected chi connectivity index (χ1v) is 10.5. The third-order valence-electron chi connectivity index (χ3n) is 5.54. The zero-order valence-electron chi connectivity index (χ0n) is 17.9. The number of rotatable bonds is 10. The number of unbranched alkanes of at least 4 members (excludes halogenated alkanes) is 2. The van der Waals surface area contributed by atoms with E-state index in [0.717, 1.165) is 57.8 Å². The van der Waals surface area contributed by atoms with Gasteiger partial charge in [-0.3, -0.25) is 9.59 Å². The molecule has 0 radical (unpaired) electrons. The Morgan fingerprint density at radius 1 is 0.808 bits per heavy atom. The van der Waals surface area contributed by atoms with Gasteiger partial charge in [-0.05, 0) is 59.8 Å². The lowest BCUT2D eigenvalue weighted by molar-refractivity contribution is -0.170. The minimum Gasteiger partial charge on any atom is -0.462 e. The summed E-state index contributed by atoms with van der Waals surface area (Å²) in [6, 6.07) is 0.